The molecular weight excluding hydrogens is 422 g/mol. The molecule has 0 amide bonds. The first-order valence-electron chi connectivity index (χ1n) is 11.7. The van der Waals surface area contributed by atoms with E-state index in [0.717, 1.165) is 5.56 Å². The summed E-state index contributed by atoms with van der Waals surface area (Å²) in [6.45, 7) is 8.62. The van der Waals surface area contributed by atoms with E-state index in [1.165, 1.54) is 0 Å². The van der Waals surface area contributed by atoms with E-state index in [0.29, 0.717) is 30.5 Å². The van der Waals surface area contributed by atoms with E-state index in [9.17, 15) is 14.4 Å². The standard InChI is InChI=1S/C26H42NO6/c1-19(2)15-22(25(29)31-14-13-27(5,6)7)16-23(20(3)4)26(30)33-18-24(28)32-17-21-11-9-8-10-12-21/h8-12,19-20,22-23H,13-18H2,1-7H3/q+1. The number of nitrogens with zero attached hydrogens (tertiary/aromatic N) is 1. The topological polar surface area (TPSA) is 78.9 Å². The first-order valence-corrected chi connectivity index (χ1v) is 11.7. The number of hydrogen-bond acceptors (Lipinski definition) is 6. The predicted octanol–water partition coefficient (Wildman–Crippen LogP) is 3.85. The van der Waals surface area contributed by atoms with Crippen molar-refractivity contribution in [2.24, 2.45) is 23.7 Å². The monoisotopic (exact) mass is 464 g/mol. The van der Waals surface area contributed by atoms with Crippen molar-refractivity contribution in [1.29, 1.82) is 0 Å². The fraction of sp³-hybridized carbons (Fsp3) is 0.654. The summed E-state index contributed by atoms with van der Waals surface area (Å²) in [4.78, 5) is 37.6. The molecule has 0 bridgehead atoms. The van der Waals surface area contributed by atoms with E-state index in [4.69, 9.17) is 14.2 Å². The average Bonchev–Trinajstić information content (AvgIpc) is 2.72. The Kier molecular flexibility index (Phi) is 12.1. The van der Waals surface area contributed by atoms with Crippen molar-refractivity contribution >= 4 is 17.9 Å². The molecule has 1 aromatic carbocycles. The van der Waals surface area contributed by atoms with E-state index in [1.807, 2.05) is 79.2 Å². The lowest BCUT2D eigenvalue weighted by Gasteiger charge is -2.26. The maximum atomic E-state index is 12.8. The largest absolute Gasteiger partial charge is 0.459 e. The third-order valence-corrected chi connectivity index (χ3v) is 5.32. The van der Waals surface area contributed by atoms with E-state index in [1.54, 1.807) is 0 Å². The Balaban J connectivity index is 2.65. The Morgan fingerprint density at radius 1 is 0.848 bits per heavy atom. The van der Waals surface area contributed by atoms with E-state index in [-0.39, 0.29) is 24.4 Å². The molecule has 0 heterocycles. The molecular formula is C26H42NO6+. The minimum atomic E-state index is -0.604. The Hall–Kier alpha value is -2.41. The molecule has 0 aliphatic heterocycles. The van der Waals surface area contributed by atoms with Crippen LogP contribution in [0.4, 0.5) is 0 Å². The van der Waals surface area contributed by atoms with Gasteiger partial charge in [0.2, 0.25) is 0 Å². The zero-order chi connectivity index (χ0) is 25.0. The van der Waals surface area contributed by atoms with E-state index in [2.05, 4.69) is 0 Å². The zero-order valence-electron chi connectivity index (χ0n) is 21.3. The number of hydrogen-bond donors (Lipinski definition) is 0. The number of likely N-dealkylation sites (N-methyl/N-ethyl adjacent to an activating group) is 1. The van der Waals surface area contributed by atoms with Crippen LogP contribution in [0.2, 0.25) is 0 Å². The number of carbonyl (C=O) groups is 3. The summed E-state index contributed by atoms with van der Waals surface area (Å²) in [5, 5.41) is 0. The molecule has 1 aromatic rings. The van der Waals surface area contributed by atoms with Crippen LogP contribution < -0.4 is 0 Å². The molecule has 1 rings (SSSR count). The third kappa shape index (κ3) is 12.4. The molecule has 33 heavy (non-hydrogen) atoms. The van der Waals surface area contributed by atoms with Crippen molar-refractivity contribution in [3.8, 4) is 0 Å². The van der Waals surface area contributed by atoms with Gasteiger partial charge in [-0.2, -0.15) is 0 Å². The smallest absolute Gasteiger partial charge is 0.344 e. The second-order valence-corrected chi connectivity index (χ2v) is 10.3. The molecule has 0 N–H and O–H groups in total. The van der Waals surface area contributed by atoms with Gasteiger partial charge in [0.05, 0.1) is 33.0 Å². The second-order valence-electron chi connectivity index (χ2n) is 10.3. The van der Waals surface area contributed by atoms with Crippen LogP contribution in [-0.2, 0) is 35.2 Å². The van der Waals surface area contributed by atoms with E-state index < -0.39 is 30.4 Å². The van der Waals surface area contributed by atoms with Gasteiger partial charge in [-0.1, -0.05) is 58.0 Å². The van der Waals surface area contributed by atoms with E-state index >= 15 is 0 Å². The molecule has 2 atom stereocenters. The van der Waals surface area contributed by atoms with Crippen LogP contribution in [-0.4, -0.2) is 63.3 Å². The van der Waals surface area contributed by atoms with Gasteiger partial charge in [-0.05, 0) is 30.2 Å². The quantitative estimate of drug-likeness (QED) is 0.236. The molecule has 0 aliphatic carbocycles. The zero-order valence-corrected chi connectivity index (χ0v) is 21.3. The molecule has 0 spiro atoms. The van der Waals surface area contributed by atoms with Crippen LogP contribution in [0.5, 0.6) is 0 Å². The lowest BCUT2D eigenvalue weighted by atomic mass is 9.83. The molecule has 7 heteroatoms. The Morgan fingerprint density at radius 3 is 2.03 bits per heavy atom. The average molecular weight is 465 g/mol. The molecule has 2 unspecified atom stereocenters. The van der Waals surface area contributed by atoms with Crippen LogP contribution in [0.1, 0.15) is 46.1 Å². The van der Waals surface area contributed by atoms with Crippen LogP contribution in [0.25, 0.3) is 0 Å². The number of rotatable bonds is 14. The number of quaternary nitrogens is 1. The third-order valence-electron chi connectivity index (χ3n) is 5.32. The number of esters is 3. The van der Waals surface area contributed by atoms with Gasteiger partial charge in [0.1, 0.15) is 19.8 Å². The summed E-state index contributed by atoms with van der Waals surface area (Å²) in [7, 11) is 6.11. The van der Waals surface area contributed by atoms with Crippen molar-refractivity contribution in [3.63, 3.8) is 0 Å². The second kappa shape index (κ2) is 14.0. The summed E-state index contributed by atoms with van der Waals surface area (Å²) in [6, 6.07) is 9.30. The fourth-order valence-electron chi connectivity index (χ4n) is 3.36. The molecule has 0 radical (unpaired) electrons. The normalized spacial score (nSPS) is 13.5. The minimum absolute atomic E-state index is 0.0495. The number of benzene rings is 1. The summed E-state index contributed by atoms with van der Waals surface area (Å²) < 4.78 is 16.7. The van der Waals surface area contributed by atoms with Crippen molar-refractivity contribution in [3.05, 3.63) is 35.9 Å². The van der Waals surface area contributed by atoms with Crippen molar-refractivity contribution in [2.45, 2.75) is 47.1 Å². The maximum Gasteiger partial charge on any atom is 0.344 e. The molecule has 0 saturated carbocycles. The van der Waals surface area contributed by atoms with Crippen LogP contribution in [0, 0.1) is 23.7 Å². The molecule has 0 saturated heterocycles. The summed E-state index contributed by atoms with van der Waals surface area (Å²) >= 11 is 0. The molecule has 0 aromatic heterocycles. The van der Waals surface area contributed by atoms with Crippen LogP contribution in [0.15, 0.2) is 30.3 Å². The summed E-state index contributed by atoms with van der Waals surface area (Å²) in [6.07, 6.45) is 0.954. The Bertz CT molecular complexity index is 739. The lowest BCUT2D eigenvalue weighted by molar-refractivity contribution is -0.870. The van der Waals surface area contributed by atoms with Gasteiger partial charge in [-0.15, -0.1) is 0 Å². The Morgan fingerprint density at radius 2 is 1.48 bits per heavy atom. The van der Waals surface area contributed by atoms with Crippen LogP contribution in [0.3, 0.4) is 0 Å². The molecule has 7 nitrogen and oxygen atoms in total. The number of carbonyl (C=O) groups excluding carboxylic acids is 3. The van der Waals surface area contributed by atoms with Crippen molar-refractivity contribution in [2.75, 3.05) is 40.9 Å². The molecule has 0 aliphatic rings. The van der Waals surface area contributed by atoms with Crippen LogP contribution >= 0.6 is 0 Å². The fourth-order valence-corrected chi connectivity index (χ4v) is 3.36. The number of ether oxygens (including phenoxy) is 3. The van der Waals surface area contributed by atoms with Gasteiger partial charge in [-0.25, -0.2) is 4.79 Å². The van der Waals surface area contributed by atoms with Gasteiger partial charge < -0.3 is 18.7 Å². The van der Waals surface area contributed by atoms with Gasteiger partial charge in [0.15, 0.2) is 6.61 Å². The van der Waals surface area contributed by atoms with Gasteiger partial charge in [0.25, 0.3) is 0 Å². The van der Waals surface area contributed by atoms with Gasteiger partial charge in [-0.3, -0.25) is 9.59 Å². The SMILES string of the molecule is CC(C)CC(CC(C(=O)OCC(=O)OCc1ccccc1)C(C)C)C(=O)OCC[N+](C)(C)C. The molecule has 0 fully saturated rings. The minimum Gasteiger partial charge on any atom is -0.459 e. The highest BCUT2D eigenvalue weighted by Crippen LogP contribution is 2.27. The van der Waals surface area contributed by atoms with Crippen molar-refractivity contribution < 1.29 is 33.1 Å². The summed E-state index contributed by atoms with van der Waals surface area (Å²) in [5.74, 6) is -2.06. The maximum absolute atomic E-state index is 12.8. The van der Waals surface area contributed by atoms with Gasteiger partial charge in [0, 0.05) is 0 Å². The lowest BCUT2D eigenvalue weighted by Crippen LogP contribution is -2.38. The summed E-state index contributed by atoms with van der Waals surface area (Å²) in [5.41, 5.74) is 0.859. The van der Waals surface area contributed by atoms with Crippen molar-refractivity contribution in [1.82, 2.24) is 0 Å². The van der Waals surface area contributed by atoms with Gasteiger partial charge >= 0.3 is 17.9 Å². The Labute approximate surface area is 199 Å². The first-order chi connectivity index (χ1) is 15.4. The molecule has 186 valence electrons. The highest BCUT2D eigenvalue weighted by atomic mass is 16.6. The highest BCUT2D eigenvalue weighted by Gasteiger charge is 2.32. The highest BCUT2D eigenvalue weighted by molar-refractivity contribution is 5.79. The predicted molar refractivity (Wildman–Crippen MR) is 127 cm³/mol. The first kappa shape index (κ1) is 28.6.